The Labute approximate surface area is 270 Å². The van der Waals surface area contributed by atoms with Gasteiger partial charge in [-0.15, -0.1) is 0 Å². The second kappa shape index (κ2) is 13.6. The molecule has 240 valence electrons. The zero-order valence-electron chi connectivity index (χ0n) is 25.5. The predicted molar refractivity (Wildman–Crippen MR) is 181 cm³/mol. The van der Waals surface area contributed by atoms with Gasteiger partial charge in [-0.3, -0.25) is 9.11 Å². The zero-order chi connectivity index (χ0) is 32.4. The Hall–Kier alpha value is -3.29. The smallest absolute Gasteiger partial charge is 0.266 e. The van der Waals surface area contributed by atoms with Crippen molar-refractivity contribution in [3.05, 3.63) is 94.5 Å². The summed E-state index contributed by atoms with van der Waals surface area (Å²) in [4.78, 5) is 5.16. The molecule has 0 bridgehead atoms. The average Bonchev–Trinajstić information content (AvgIpc) is 3.49. The Morgan fingerprint density at radius 1 is 0.867 bits per heavy atom. The van der Waals surface area contributed by atoms with Gasteiger partial charge in [0, 0.05) is 18.0 Å². The van der Waals surface area contributed by atoms with Gasteiger partial charge in [-0.05, 0) is 97.4 Å². The first kappa shape index (κ1) is 33.1. The lowest BCUT2D eigenvalue weighted by atomic mass is 10.0. The highest BCUT2D eigenvalue weighted by Crippen LogP contribution is 2.48. The molecular weight excluding hydrogens is 633 g/mol. The normalized spacial score (nSPS) is 17.5. The molecule has 3 aromatic rings. The number of benzene rings is 3. The van der Waals surface area contributed by atoms with Gasteiger partial charge in [-0.2, -0.15) is 16.8 Å². The van der Waals surface area contributed by atoms with E-state index in [0.29, 0.717) is 31.6 Å². The van der Waals surface area contributed by atoms with Crippen molar-refractivity contribution in [3.8, 4) is 16.9 Å². The topological polar surface area (TPSA) is 124 Å². The van der Waals surface area contributed by atoms with Crippen LogP contribution in [0.1, 0.15) is 37.3 Å². The molecule has 9 nitrogen and oxygen atoms in total. The second-order valence-corrected chi connectivity index (χ2v) is 15.5. The molecular formula is C33H38N2O7S3. The van der Waals surface area contributed by atoms with Crippen LogP contribution in [0.2, 0.25) is 0 Å². The van der Waals surface area contributed by atoms with Crippen molar-refractivity contribution in [2.24, 2.45) is 0 Å². The summed E-state index contributed by atoms with van der Waals surface area (Å²) in [5.41, 5.74) is 7.11. The van der Waals surface area contributed by atoms with Crippen molar-refractivity contribution in [1.82, 2.24) is 0 Å². The summed E-state index contributed by atoms with van der Waals surface area (Å²) < 4.78 is 71.2. The van der Waals surface area contributed by atoms with Crippen LogP contribution in [0, 0.1) is 13.8 Å². The summed E-state index contributed by atoms with van der Waals surface area (Å²) in [6, 6.07) is 20.0. The molecule has 1 unspecified atom stereocenters. The van der Waals surface area contributed by atoms with Gasteiger partial charge in [0.1, 0.15) is 5.75 Å². The fourth-order valence-corrected chi connectivity index (χ4v) is 7.66. The van der Waals surface area contributed by atoms with Crippen LogP contribution in [-0.2, 0) is 20.2 Å². The monoisotopic (exact) mass is 670 g/mol. The number of aryl methyl sites for hydroxylation is 2. The highest BCUT2D eigenvalue weighted by Gasteiger charge is 2.32. The van der Waals surface area contributed by atoms with Crippen LogP contribution in [0.4, 0.5) is 11.4 Å². The number of unbranched alkanes of at least 4 members (excludes halogenated alkanes) is 1. The quantitative estimate of drug-likeness (QED) is 0.156. The maximum Gasteiger partial charge on any atom is 0.266 e. The van der Waals surface area contributed by atoms with E-state index in [0.717, 1.165) is 43.6 Å². The van der Waals surface area contributed by atoms with Gasteiger partial charge in [0.05, 0.1) is 27.9 Å². The molecule has 0 aromatic heterocycles. The molecule has 2 aliphatic rings. The van der Waals surface area contributed by atoms with Crippen LogP contribution in [-0.4, -0.2) is 56.8 Å². The van der Waals surface area contributed by atoms with E-state index in [1.165, 1.54) is 5.56 Å². The van der Waals surface area contributed by atoms with E-state index in [-0.39, 0.29) is 12.3 Å². The molecule has 3 aromatic carbocycles. The number of hydrogen-bond acceptors (Lipinski definition) is 8. The number of thioether (sulfide) groups is 1. The van der Waals surface area contributed by atoms with Crippen molar-refractivity contribution in [2.75, 3.05) is 34.4 Å². The molecule has 2 heterocycles. The molecule has 0 spiro atoms. The average molecular weight is 671 g/mol. The summed E-state index contributed by atoms with van der Waals surface area (Å²) in [6.07, 6.45) is 5.07. The van der Waals surface area contributed by atoms with Gasteiger partial charge < -0.3 is 14.5 Å². The summed E-state index contributed by atoms with van der Waals surface area (Å²) >= 11 is 1.65. The van der Waals surface area contributed by atoms with Gasteiger partial charge in [0.25, 0.3) is 20.2 Å². The maximum absolute atomic E-state index is 11.8. The number of nitrogens with zero attached hydrogens (tertiary/aromatic N) is 2. The minimum Gasteiger partial charge on any atom is -0.465 e. The number of anilines is 2. The summed E-state index contributed by atoms with van der Waals surface area (Å²) in [5.74, 6) is -0.0967. The van der Waals surface area contributed by atoms with Crippen LogP contribution >= 0.6 is 11.8 Å². The third-order valence-corrected chi connectivity index (χ3v) is 10.6. The van der Waals surface area contributed by atoms with Crippen molar-refractivity contribution in [2.45, 2.75) is 51.2 Å². The van der Waals surface area contributed by atoms with Crippen LogP contribution in [0.25, 0.3) is 11.1 Å². The van der Waals surface area contributed by atoms with Crippen LogP contribution in [0.15, 0.2) is 88.3 Å². The standard InChI is InChI=1S/C33H38N2O7S3/c1-4-25(21-33-35(14-8-9-16-44(36,37)38)29-18-23(2)24(3)19-31(29)43-33)20-32-34(15-17-45(39,40)41)28-22-27(12-13-30(28)42-32)26-10-6-5-7-11-26/h5-7,10-13,18-22,32H,4,8-9,14-17H2,1-3H3,(H,36,37,38)(H,39,40,41)/b25-20+,33-21-. The van der Waals surface area contributed by atoms with Crippen LogP contribution in [0.3, 0.4) is 0 Å². The number of rotatable bonds is 12. The lowest BCUT2D eigenvalue weighted by Gasteiger charge is -2.24. The highest BCUT2D eigenvalue weighted by molar-refractivity contribution is 8.03. The van der Waals surface area contributed by atoms with Gasteiger partial charge >= 0.3 is 0 Å². The molecule has 0 radical (unpaired) electrons. The fraction of sp³-hybridized carbons (Fsp3) is 0.333. The predicted octanol–water partition coefficient (Wildman–Crippen LogP) is 6.84. The molecule has 2 aliphatic heterocycles. The third-order valence-electron chi connectivity index (χ3n) is 7.97. The number of allylic oxidation sites excluding steroid dienone is 2. The maximum atomic E-state index is 11.8. The zero-order valence-corrected chi connectivity index (χ0v) is 28.0. The van der Waals surface area contributed by atoms with Gasteiger partial charge in [-0.25, -0.2) is 0 Å². The summed E-state index contributed by atoms with van der Waals surface area (Å²) in [5, 5.41) is 0.987. The van der Waals surface area contributed by atoms with E-state index >= 15 is 0 Å². The summed E-state index contributed by atoms with van der Waals surface area (Å²) in [6.45, 7) is 6.80. The first-order chi connectivity index (χ1) is 21.3. The van der Waals surface area contributed by atoms with Gasteiger partial charge in [0.15, 0.2) is 6.23 Å². The Morgan fingerprint density at radius 3 is 2.27 bits per heavy atom. The molecule has 1 atom stereocenters. The minimum atomic E-state index is -4.21. The van der Waals surface area contributed by atoms with E-state index < -0.39 is 32.2 Å². The second-order valence-electron chi connectivity index (χ2n) is 11.3. The molecule has 0 fully saturated rings. The largest absolute Gasteiger partial charge is 0.465 e. The summed E-state index contributed by atoms with van der Waals surface area (Å²) in [7, 11) is -8.23. The lowest BCUT2D eigenvalue weighted by molar-refractivity contribution is 0.273. The Bertz CT molecular complexity index is 1840. The molecule has 2 N–H and O–H groups in total. The lowest BCUT2D eigenvalue weighted by Crippen LogP contribution is -2.37. The van der Waals surface area contributed by atoms with Crippen molar-refractivity contribution >= 4 is 43.4 Å². The number of ether oxygens (including phenoxy) is 1. The molecule has 0 saturated carbocycles. The van der Waals surface area contributed by atoms with E-state index in [1.54, 1.807) is 11.8 Å². The van der Waals surface area contributed by atoms with Crippen molar-refractivity contribution < 1.29 is 30.7 Å². The molecule has 0 amide bonds. The first-order valence-electron chi connectivity index (χ1n) is 14.8. The highest BCUT2D eigenvalue weighted by atomic mass is 32.2. The number of fused-ring (bicyclic) bond motifs is 2. The Balaban J connectivity index is 1.46. The van der Waals surface area contributed by atoms with Gasteiger partial charge in [0.2, 0.25) is 0 Å². The Morgan fingerprint density at radius 2 is 1.58 bits per heavy atom. The van der Waals surface area contributed by atoms with Crippen LogP contribution < -0.4 is 14.5 Å². The van der Waals surface area contributed by atoms with E-state index in [2.05, 4.69) is 37.0 Å². The molecule has 5 rings (SSSR count). The van der Waals surface area contributed by atoms with E-state index in [1.807, 2.05) is 66.4 Å². The SMILES string of the molecule is CCC(/C=C1\Sc2cc(C)c(C)cc2N1CCCCS(=O)(=O)O)=C\C1Oc2ccc(-c3ccccc3)cc2N1CCS(=O)(=O)O. The molecule has 0 saturated heterocycles. The minimum absolute atomic E-state index is 0.0391. The molecule has 45 heavy (non-hydrogen) atoms. The number of hydrogen-bond donors (Lipinski definition) is 2. The van der Waals surface area contributed by atoms with E-state index in [9.17, 15) is 25.9 Å². The van der Waals surface area contributed by atoms with Gasteiger partial charge in [-0.1, -0.05) is 55.1 Å². The molecule has 0 aliphatic carbocycles. The molecule has 12 heteroatoms. The Kier molecular flexibility index (Phi) is 10.00. The fourth-order valence-electron chi connectivity index (χ4n) is 5.42. The van der Waals surface area contributed by atoms with Crippen molar-refractivity contribution in [1.29, 1.82) is 0 Å². The van der Waals surface area contributed by atoms with Crippen LogP contribution in [0.5, 0.6) is 5.75 Å². The first-order valence-corrected chi connectivity index (χ1v) is 18.9. The third kappa shape index (κ3) is 8.30. The van der Waals surface area contributed by atoms with E-state index in [4.69, 9.17) is 4.74 Å². The van der Waals surface area contributed by atoms with Crippen molar-refractivity contribution in [3.63, 3.8) is 0 Å².